The lowest BCUT2D eigenvalue weighted by Crippen LogP contribution is -2.39. The van der Waals surface area contributed by atoms with Gasteiger partial charge in [-0.15, -0.1) is 17.5 Å². The summed E-state index contributed by atoms with van der Waals surface area (Å²) >= 11 is 2.54. The lowest BCUT2D eigenvalue weighted by atomic mass is 10.3. The van der Waals surface area contributed by atoms with E-state index in [4.69, 9.17) is 19.2 Å². The predicted molar refractivity (Wildman–Crippen MR) is 128 cm³/mol. The Hall–Kier alpha value is -2.05. The summed E-state index contributed by atoms with van der Waals surface area (Å²) in [4.78, 5) is 22.8. The first-order valence-corrected chi connectivity index (χ1v) is 11.6. The number of thiazole rings is 1. The number of hydrogen-bond donors (Lipinski definition) is 0. The van der Waals surface area contributed by atoms with Gasteiger partial charge in [0, 0.05) is 26.2 Å². The Morgan fingerprint density at radius 1 is 1.22 bits per heavy atom. The maximum Gasteiger partial charge on any atom is 0.273 e. The van der Waals surface area contributed by atoms with Crippen molar-refractivity contribution in [3.8, 4) is 11.5 Å². The lowest BCUT2D eigenvalue weighted by Gasteiger charge is -2.27. The largest absolute Gasteiger partial charge is 0.495 e. The molecule has 3 aromatic rings. The number of rotatable bonds is 8. The van der Waals surface area contributed by atoms with Crippen LogP contribution in [0.1, 0.15) is 21.8 Å². The van der Waals surface area contributed by atoms with E-state index in [9.17, 15) is 4.79 Å². The molecule has 4 rings (SSSR count). The number of amides is 1. The van der Waals surface area contributed by atoms with Crippen LogP contribution in [0.5, 0.6) is 11.5 Å². The minimum absolute atomic E-state index is 0. The molecule has 1 aliphatic rings. The number of fused-ring (bicyclic) bond motifs is 1. The van der Waals surface area contributed by atoms with Crippen LogP contribution in [0.25, 0.3) is 10.2 Å². The summed E-state index contributed by atoms with van der Waals surface area (Å²) in [5.41, 5.74) is 1.32. The maximum absolute atomic E-state index is 13.4. The molecule has 0 spiro atoms. The molecule has 174 valence electrons. The molecule has 1 fully saturated rings. The Labute approximate surface area is 200 Å². The number of anilines is 1. The molecular formula is C20H26ClN5O4S2. The zero-order valence-electron chi connectivity index (χ0n) is 18.2. The molecule has 12 heteroatoms. The van der Waals surface area contributed by atoms with Crippen LogP contribution in [0, 0.1) is 6.92 Å². The van der Waals surface area contributed by atoms with Crippen molar-refractivity contribution in [3.05, 3.63) is 22.7 Å². The van der Waals surface area contributed by atoms with E-state index in [0.29, 0.717) is 39.3 Å². The topological polar surface area (TPSA) is 89.9 Å². The second-order valence-electron chi connectivity index (χ2n) is 7.10. The highest BCUT2D eigenvalue weighted by Crippen LogP contribution is 2.40. The van der Waals surface area contributed by atoms with E-state index in [2.05, 4.69) is 14.5 Å². The van der Waals surface area contributed by atoms with Crippen molar-refractivity contribution in [1.29, 1.82) is 0 Å². The van der Waals surface area contributed by atoms with E-state index in [-0.39, 0.29) is 18.3 Å². The SMILES string of the molecule is COc1ccc(OC)c2sc(N(CCCN3CCOCC3)C(=O)c3snnc3C)nc12.Cl. The van der Waals surface area contributed by atoms with Gasteiger partial charge in [0.2, 0.25) is 0 Å². The highest BCUT2D eigenvalue weighted by molar-refractivity contribution is 7.22. The van der Waals surface area contributed by atoms with Gasteiger partial charge >= 0.3 is 0 Å². The first-order chi connectivity index (χ1) is 15.1. The molecule has 0 unspecified atom stereocenters. The Morgan fingerprint density at radius 3 is 2.59 bits per heavy atom. The quantitative estimate of drug-likeness (QED) is 0.466. The van der Waals surface area contributed by atoms with Crippen molar-refractivity contribution in [2.75, 3.05) is 58.5 Å². The summed E-state index contributed by atoms with van der Waals surface area (Å²) in [5, 5.41) is 4.62. The average molecular weight is 500 g/mol. The lowest BCUT2D eigenvalue weighted by molar-refractivity contribution is 0.0376. The van der Waals surface area contributed by atoms with Crippen molar-refractivity contribution in [2.45, 2.75) is 13.3 Å². The van der Waals surface area contributed by atoms with Gasteiger partial charge in [-0.2, -0.15) is 0 Å². The fraction of sp³-hybridized carbons (Fsp3) is 0.500. The van der Waals surface area contributed by atoms with E-state index >= 15 is 0 Å². The van der Waals surface area contributed by atoms with Gasteiger partial charge in [-0.25, -0.2) is 4.98 Å². The van der Waals surface area contributed by atoms with Crippen LogP contribution in [0.3, 0.4) is 0 Å². The zero-order chi connectivity index (χ0) is 21.8. The standard InChI is InChI=1S/C20H25N5O4S2.ClH/c1-13-17(31-23-22-13)19(26)25(8-4-7-24-9-11-29-12-10-24)20-21-16-14(27-2)5-6-15(28-3)18(16)30-20;/h5-6H,4,7-12H2,1-3H3;1H. The van der Waals surface area contributed by atoms with E-state index < -0.39 is 0 Å². The molecule has 1 aliphatic heterocycles. The number of carbonyl (C=O) groups excluding carboxylic acids is 1. The van der Waals surface area contributed by atoms with E-state index in [0.717, 1.165) is 55.5 Å². The minimum atomic E-state index is -0.133. The van der Waals surface area contributed by atoms with E-state index in [1.807, 2.05) is 12.1 Å². The molecule has 1 saturated heterocycles. The number of ether oxygens (including phenoxy) is 3. The second kappa shape index (κ2) is 11.2. The smallest absolute Gasteiger partial charge is 0.273 e. The third kappa shape index (κ3) is 5.12. The van der Waals surface area contributed by atoms with Gasteiger partial charge in [-0.1, -0.05) is 15.8 Å². The van der Waals surface area contributed by atoms with E-state index in [1.165, 1.54) is 11.3 Å². The predicted octanol–water partition coefficient (Wildman–Crippen LogP) is 3.26. The van der Waals surface area contributed by atoms with Gasteiger partial charge in [0.15, 0.2) is 5.13 Å². The molecule has 9 nitrogen and oxygen atoms in total. The first-order valence-electron chi connectivity index (χ1n) is 10.0. The first kappa shape index (κ1) is 24.6. The summed E-state index contributed by atoms with van der Waals surface area (Å²) < 4.78 is 21.2. The second-order valence-corrected chi connectivity index (χ2v) is 8.83. The summed E-state index contributed by atoms with van der Waals surface area (Å²) in [6.45, 7) is 6.58. The molecule has 0 bridgehead atoms. The van der Waals surface area contributed by atoms with Crippen molar-refractivity contribution in [3.63, 3.8) is 0 Å². The normalized spacial score (nSPS) is 14.2. The third-order valence-electron chi connectivity index (χ3n) is 5.18. The van der Waals surface area contributed by atoms with Crippen LogP contribution in [0.4, 0.5) is 5.13 Å². The summed E-state index contributed by atoms with van der Waals surface area (Å²) in [7, 11) is 3.23. The number of carbonyl (C=O) groups is 1. The Balaban J connectivity index is 0.00000289. The van der Waals surface area contributed by atoms with E-state index in [1.54, 1.807) is 26.0 Å². The van der Waals surface area contributed by atoms with Crippen molar-refractivity contribution >= 4 is 56.5 Å². The summed E-state index contributed by atoms with van der Waals surface area (Å²) in [6.07, 6.45) is 0.821. The van der Waals surface area contributed by atoms with Crippen molar-refractivity contribution in [2.24, 2.45) is 0 Å². The fourth-order valence-corrected chi connectivity index (χ4v) is 5.21. The molecule has 0 saturated carbocycles. The van der Waals surface area contributed by atoms with Gasteiger partial charge in [-0.05, 0) is 37.0 Å². The van der Waals surface area contributed by atoms with Crippen molar-refractivity contribution < 1.29 is 19.0 Å². The molecular weight excluding hydrogens is 474 g/mol. The molecule has 0 aliphatic carbocycles. The molecule has 0 N–H and O–H groups in total. The molecule has 1 amide bonds. The van der Waals surface area contributed by atoms with Gasteiger partial charge < -0.3 is 14.2 Å². The highest BCUT2D eigenvalue weighted by Gasteiger charge is 2.26. The van der Waals surface area contributed by atoms with Gasteiger partial charge in [0.25, 0.3) is 5.91 Å². The zero-order valence-corrected chi connectivity index (χ0v) is 20.6. The van der Waals surface area contributed by atoms with Crippen LogP contribution < -0.4 is 14.4 Å². The third-order valence-corrected chi connectivity index (χ3v) is 7.09. The molecule has 0 atom stereocenters. The Morgan fingerprint density at radius 2 is 1.94 bits per heavy atom. The number of aromatic nitrogens is 3. The van der Waals surface area contributed by atoms with Gasteiger partial charge in [0.05, 0.1) is 33.1 Å². The number of nitrogens with zero attached hydrogens (tertiary/aromatic N) is 5. The summed E-state index contributed by atoms with van der Waals surface area (Å²) in [6, 6.07) is 3.68. The van der Waals surface area contributed by atoms with Crippen LogP contribution >= 0.6 is 35.3 Å². The number of morpholine rings is 1. The number of benzene rings is 1. The van der Waals surface area contributed by atoms with Crippen molar-refractivity contribution in [1.82, 2.24) is 19.5 Å². The van der Waals surface area contributed by atoms with Gasteiger partial charge in [0.1, 0.15) is 26.6 Å². The monoisotopic (exact) mass is 499 g/mol. The fourth-order valence-electron chi connectivity index (χ4n) is 3.50. The molecule has 3 heterocycles. The van der Waals surface area contributed by atoms with Crippen LogP contribution in [0.15, 0.2) is 12.1 Å². The number of aryl methyl sites for hydroxylation is 1. The minimum Gasteiger partial charge on any atom is -0.495 e. The van der Waals surface area contributed by atoms with Crippen LogP contribution in [-0.4, -0.2) is 79.0 Å². The Bertz CT molecular complexity index is 1010. The summed E-state index contributed by atoms with van der Waals surface area (Å²) in [5.74, 6) is 1.22. The molecule has 32 heavy (non-hydrogen) atoms. The molecule has 1 aromatic carbocycles. The molecule has 2 aromatic heterocycles. The van der Waals surface area contributed by atoms with Gasteiger partial charge in [-0.3, -0.25) is 14.6 Å². The average Bonchev–Trinajstić information content (AvgIpc) is 3.43. The highest BCUT2D eigenvalue weighted by atomic mass is 35.5. The number of methoxy groups -OCH3 is 2. The Kier molecular flexibility index (Phi) is 8.60. The maximum atomic E-state index is 13.4. The molecule has 0 radical (unpaired) electrons. The number of halogens is 1. The van der Waals surface area contributed by atoms with Crippen LogP contribution in [0.2, 0.25) is 0 Å². The van der Waals surface area contributed by atoms with Crippen LogP contribution in [-0.2, 0) is 4.74 Å². The number of hydrogen-bond acceptors (Lipinski definition) is 10.